The third kappa shape index (κ3) is 3.81. The molecule has 1 saturated heterocycles. The molecule has 2 amide bonds. The fraction of sp³-hybridized carbons (Fsp3) is 0.800. The van der Waals surface area contributed by atoms with Crippen molar-refractivity contribution in [1.29, 1.82) is 0 Å². The van der Waals surface area contributed by atoms with Crippen LogP contribution in [0, 0.1) is 23.7 Å². The quantitative estimate of drug-likeness (QED) is 0.415. The molecule has 4 unspecified atom stereocenters. The molecule has 118 valence electrons. The van der Waals surface area contributed by atoms with E-state index in [9.17, 15) is 19.9 Å². The van der Waals surface area contributed by atoms with Crippen LogP contribution in [0.5, 0.6) is 0 Å². The first-order valence-corrected chi connectivity index (χ1v) is 7.63. The Hall–Kier alpha value is -1.43. The summed E-state index contributed by atoms with van der Waals surface area (Å²) in [5, 5.41) is 25.4. The third-order valence-electron chi connectivity index (χ3n) is 4.68. The van der Waals surface area contributed by atoms with E-state index in [4.69, 9.17) is 0 Å². The Kier molecular flexibility index (Phi) is 4.98. The minimum atomic E-state index is -0.676. The average molecular weight is 296 g/mol. The van der Waals surface area contributed by atoms with Crippen LogP contribution in [0.3, 0.4) is 0 Å². The number of oxime groups is 1. The number of aliphatic hydroxyl groups excluding tert-OH is 1. The molecule has 2 rings (SSSR count). The summed E-state index contributed by atoms with van der Waals surface area (Å²) >= 11 is 0. The molecular weight excluding hydrogens is 272 g/mol. The maximum atomic E-state index is 11.4. The van der Waals surface area contributed by atoms with Gasteiger partial charge in [0.15, 0.2) is 0 Å². The van der Waals surface area contributed by atoms with E-state index in [1.54, 1.807) is 0 Å². The van der Waals surface area contributed by atoms with Gasteiger partial charge in [0.1, 0.15) is 0 Å². The van der Waals surface area contributed by atoms with E-state index in [2.05, 4.69) is 17.4 Å². The molecule has 0 spiro atoms. The zero-order valence-electron chi connectivity index (χ0n) is 12.6. The van der Waals surface area contributed by atoms with Crippen molar-refractivity contribution in [3.63, 3.8) is 0 Å². The molecule has 2 fully saturated rings. The minimum absolute atomic E-state index is 0.131. The second-order valence-electron chi connectivity index (χ2n) is 6.66. The largest absolute Gasteiger partial charge is 0.411 e. The Morgan fingerprint density at radius 2 is 1.86 bits per heavy atom. The molecule has 1 saturated carbocycles. The smallest absolute Gasteiger partial charge is 0.226 e. The number of amides is 2. The van der Waals surface area contributed by atoms with Gasteiger partial charge in [-0.25, -0.2) is 0 Å². The first kappa shape index (κ1) is 15.9. The molecule has 6 heteroatoms. The summed E-state index contributed by atoms with van der Waals surface area (Å²) in [5.41, 5.74) is 0.646. The van der Waals surface area contributed by atoms with Crippen LogP contribution in [0.2, 0.25) is 0 Å². The Bertz CT molecular complexity index is 433. The molecule has 2 aliphatic rings. The number of carbonyl (C=O) groups excluding carboxylic acids is 2. The molecule has 1 aliphatic heterocycles. The molecule has 1 aliphatic carbocycles. The fourth-order valence-electron chi connectivity index (χ4n) is 3.79. The summed E-state index contributed by atoms with van der Waals surface area (Å²) in [7, 11) is 0. The zero-order valence-corrected chi connectivity index (χ0v) is 12.6. The first-order chi connectivity index (χ1) is 9.90. The Balaban J connectivity index is 2.02. The highest BCUT2D eigenvalue weighted by atomic mass is 16.4. The molecule has 0 aromatic heterocycles. The molecule has 0 radical (unpaired) electrons. The van der Waals surface area contributed by atoms with Gasteiger partial charge in [0.05, 0.1) is 11.8 Å². The second-order valence-corrected chi connectivity index (χ2v) is 6.66. The summed E-state index contributed by atoms with van der Waals surface area (Å²) in [6.45, 7) is 4.13. The molecule has 21 heavy (non-hydrogen) atoms. The van der Waals surface area contributed by atoms with Crippen molar-refractivity contribution in [2.24, 2.45) is 28.8 Å². The van der Waals surface area contributed by atoms with Crippen LogP contribution in [0.4, 0.5) is 0 Å². The topological polar surface area (TPSA) is 99.0 Å². The molecule has 0 aromatic carbocycles. The lowest BCUT2D eigenvalue weighted by Gasteiger charge is -2.36. The molecular formula is C15H24N2O4. The van der Waals surface area contributed by atoms with Gasteiger partial charge < -0.3 is 10.3 Å². The molecule has 3 N–H and O–H groups in total. The van der Waals surface area contributed by atoms with Gasteiger partial charge in [0, 0.05) is 18.8 Å². The SMILES string of the molecule is CC1CC(C)/C(=N\O)C(C(O)CC2CC(=O)NC(=O)C2)C1. The summed E-state index contributed by atoms with van der Waals surface area (Å²) < 4.78 is 0. The number of piperidine rings is 1. The van der Waals surface area contributed by atoms with Gasteiger partial charge in [-0.3, -0.25) is 14.9 Å². The number of hydrogen-bond donors (Lipinski definition) is 3. The van der Waals surface area contributed by atoms with Crippen molar-refractivity contribution in [2.45, 2.75) is 52.1 Å². The number of imide groups is 1. The number of nitrogens with one attached hydrogen (secondary N) is 1. The second kappa shape index (κ2) is 6.56. The summed E-state index contributed by atoms with van der Waals surface area (Å²) in [6, 6.07) is 0. The van der Waals surface area contributed by atoms with Gasteiger partial charge in [0.25, 0.3) is 0 Å². The fourth-order valence-corrected chi connectivity index (χ4v) is 3.79. The minimum Gasteiger partial charge on any atom is -0.411 e. The predicted octanol–water partition coefficient (Wildman–Crippen LogP) is 1.30. The van der Waals surface area contributed by atoms with Gasteiger partial charge in [-0.15, -0.1) is 0 Å². The predicted molar refractivity (Wildman–Crippen MR) is 76.8 cm³/mol. The highest BCUT2D eigenvalue weighted by Gasteiger charge is 2.37. The average Bonchev–Trinajstić information content (AvgIpc) is 2.36. The Labute approximate surface area is 124 Å². The van der Waals surface area contributed by atoms with Crippen molar-refractivity contribution in [3.05, 3.63) is 0 Å². The van der Waals surface area contributed by atoms with E-state index in [-0.39, 0.29) is 42.4 Å². The Morgan fingerprint density at radius 1 is 1.24 bits per heavy atom. The monoisotopic (exact) mass is 296 g/mol. The summed E-state index contributed by atoms with van der Waals surface area (Å²) in [5.74, 6) is -0.256. The van der Waals surface area contributed by atoms with E-state index in [1.807, 2.05) is 6.92 Å². The van der Waals surface area contributed by atoms with Crippen LogP contribution in [-0.2, 0) is 9.59 Å². The molecule has 4 atom stereocenters. The first-order valence-electron chi connectivity index (χ1n) is 7.63. The van der Waals surface area contributed by atoms with Crippen LogP contribution in [0.1, 0.15) is 46.0 Å². The standard InChI is InChI=1S/C15H24N2O4/c1-8-3-9(2)15(17-21)11(4-8)12(18)5-10-6-13(19)16-14(20)7-10/h8-12,18,21H,3-7H2,1-2H3,(H,16,19,20)/b17-15+. The van der Waals surface area contributed by atoms with Crippen LogP contribution >= 0.6 is 0 Å². The van der Waals surface area contributed by atoms with E-state index in [1.165, 1.54) is 0 Å². The highest BCUT2D eigenvalue weighted by molar-refractivity contribution is 5.97. The third-order valence-corrected chi connectivity index (χ3v) is 4.68. The van der Waals surface area contributed by atoms with Crippen molar-refractivity contribution >= 4 is 17.5 Å². The lowest BCUT2D eigenvalue weighted by molar-refractivity contribution is -0.135. The molecule has 6 nitrogen and oxygen atoms in total. The van der Waals surface area contributed by atoms with E-state index < -0.39 is 6.10 Å². The zero-order chi connectivity index (χ0) is 15.6. The molecule has 0 bridgehead atoms. The van der Waals surface area contributed by atoms with Crippen molar-refractivity contribution in [3.8, 4) is 0 Å². The lowest BCUT2D eigenvalue weighted by Crippen LogP contribution is -2.42. The van der Waals surface area contributed by atoms with Gasteiger partial charge >= 0.3 is 0 Å². The summed E-state index contributed by atoms with van der Waals surface area (Å²) in [4.78, 5) is 22.8. The van der Waals surface area contributed by atoms with Crippen molar-refractivity contribution in [2.75, 3.05) is 0 Å². The number of hydrogen-bond acceptors (Lipinski definition) is 5. The highest BCUT2D eigenvalue weighted by Crippen LogP contribution is 2.35. The van der Waals surface area contributed by atoms with Crippen LogP contribution in [-0.4, -0.2) is 33.9 Å². The van der Waals surface area contributed by atoms with Crippen LogP contribution in [0.15, 0.2) is 5.16 Å². The maximum absolute atomic E-state index is 11.4. The maximum Gasteiger partial charge on any atom is 0.226 e. The van der Waals surface area contributed by atoms with Crippen molar-refractivity contribution < 1.29 is 19.9 Å². The van der Waals surface area contributed by atoms with Gasteiger partial charge in [-0.05, 0) is 37.0 Å². The number of aliphatic hydroxyl groups is 1. The molecule has 1 heterocycles. The van der Waals surface area contributed by atoms with Crippen LogP contribution < -0.4 is 5.32 Å². The van der Waals surface area contributed by atoms with E-state index in [0.29, 0.717) is 18.1 Å². The van der Waals surface area contributed by atoms with Gasteiger partial charge in [-0.2, -0.15) is 0 Å². The van der Waals surface area contributed by atoms with Crippen molar-refractivity contribution in [1.82, 2.24) is 5.32 Å². The Morgan fingerprint density at radius 3 is 2.43 bits per heavy atom. The number of nitrogens with zero attached hydrogens (tertiary/aromatic N) is 1. The lowest BCUT2D eigenvalue weighted by atomic mass is 9.71. The molecule has 0 aromatic rings. The summed E-state index contributed by atoms with van der Waals surface area (Å²) in [6.07, 6.45) is 1.98. The normalized spacial score (nSPS) is 34.8. The van der Waals surface area contributed by atoms with E-state index in [0.717, 1.165) is 12.8 Å². The van der Waals surface area contributed by atoms with E-state index >= 15 is 0 Å². The number of rotatable bonds is 3. The van der Waals surface area contributed by atoms with Crippen LogP contribution in [0.25, 0.3) is 0 Å². The van der Waals surface area contributed by atoms with Gasteiger partial charge in [-0.1, -0.05) is 19.0 Å². The van der Waals surface area contributed by atoms with Gasteiger partial charge in [0.2, 0.25) is 11.8 Å². The number of carbonyl (C=O) groups is 2.